The van der Waals surface area contributed by atoms with Crippen molar-refractivity contribution in [3.63, 3.8) is 0 Å². The van der Waals surface area contributed by atoms with Gasteiger partial charge in [0.25, 0.3) is 0 Å². The average molecular weight is 664 g/mol. The summed E-state index contributed by atoms with van der Waals surface area (Å²) in [7, 11) is 0. The first kappa shape index (κ1) is 29.8. The molecular weight excluding hydrogens is 635 g/mol. The van der Waals surface area contributed by atoms with Crippen LogP contribution in [0.25, 0.3) is 99.8 Å². The molecule has 0 aliphatic carbocycles. The summed E-state index contributed by atoms with van der Waals surface area (Å²) in [5.74, 6) is 0. The molecule has 5 nitrogen and oxygen atoms in total. The Morgan fingerprint density at radius 3 is 1.69 bits per heavy atom. The number of aromatic nitrogens is 5. The molecule has 52 heavy (non-hydrogen) atoms. The van der Waals surface area contributed by atoms with Crippen LogP contribution in [-0.4, -0.2) is 24.9 Å². The molecule has 0 spiro atoms. The maximum Gasteiger partial charge on any atom is 0.0900 e. The lowest BCUT2D eigenvalue weighted by Crippen LogP contribution is -1.94. The van der Waals surface area contributed by atoms with Crippen LogP contribution < -0.4 is 0 Å². The molecule has 0 saturated heterocycles. The van der Waals surface area contributed by atoms with Gasteiger partial charge in [-0.15, -0.1) is 0 Å². The van der Waals surface area contributed by atoms with Crippen LogP contribution in [0.2, 0.25) is 0 Å². The van der Waals surface area contributed by atoms with Crippen molar-refractivity contribution >= 4 is 43.4 Å². The molecule has 5 aromatic carbocycles. The van der Waals surface area contributed by atoms with E-state index in [9.17, 15) is 0 Å². The number of hydrogen-bond donors (Lipinski definition) is 0. The van der Waals surface area contributed by atoms with E-state index in [0.29, 0.717) is 0 Å². The fraction of sp³-hybridized carbons (Fsp3) is 0. The average Bonchev–Trinajstić information content (AvgIpc) is 3.23. The van der Waals surface area contributed by atoms with Gasteiger partial charge in [-0.2, -0.15) is 0 Å². The van der Waals surface area contributed by atoms with Crippen molar-refractivity contribution in [2.24, 2.45) is 0 Å². The highest BCUT2D eigenvalue weighted by atomic mass is 14.8. The predicted molar refractivity (Wildman–Crippen MR) is 213 cm³/mol. The Kier molecular flexibility index (Phi) is 7.07. The molecule has 0 saturated carbocycles. The third kappa shape index (κ3) is 5.24. The normalized spacial score (nSPS) is 11.5. The molecule has 0 amide bonds. The summed E-state index contributed by atoms with van der Waals surface area (Å²) in [5, 5.41) is 6.88. The van der Waals surface area contributed by atoms with E-state index in [4.69, 9.17) is 15.0 Å². The Labute approximate surface area is 300 Å². The summed E-state index contributed by atoms with van der Waals surface area (Å²) in [6, 6.07) is 56.7. The summed E-state index contributed by atoms with van der Waals surface area (Å²) < 4.78 is 0. The smallest absolute Gasteiger partial charge is 0.0900 e. The van der Waals surface area contributed by atoms with Crippen LogP contribution in [0.15, 0.2) is 176 Å². The number of pyridine rings is 5. The molecule has 5 heterocycles. The zero-order chi connectivity index (χ0) is 34.4. The molecule has 242 valence electrons. The highest BCUT2D eigenvalue weighted by Gasteiger charge is 2.16. The Balaban J connectivity index is 1.11. The number of nitrogens with zero attached hydrogens (tertiary/aromatic N) is 5. The molecule has 0 unspecified atom stereocenters. The number of benzene rings is 5. The van der Waals surface area contributed by atoms with Gasteiger partial charge in [0, 0.05) is 39.7 Å². The number of rotatable bonds is 5. The van der Waals surface area contributed by atoms with Crippen molar-refractivity contribution in [3.05, 3.63) is 176 Å². The van der Waals surface area contributed by atoms with Crippen LogP contribution >= 0.6 is 0 Å². The molecule has 0 N–H and O–H groups in total. The molecule has 0 radical (unpaired) electrons. The van der Waals surface area contributed by atoms with Gasteiger partial charge < -0.3 is 0 Å². The van der Waals surface area contributed by atoms with Gasteiger partial charge in [-0.1, -0.05) is 97.1 Å². The van der Waals surface area contributed by atoms with Crippen LogP contribution in [0.1, 0.15) is 0 Å². The molecule has 0 aliphatic rings. The molecular formula is C47H29N5. The van der Waals surface area contributed by atoms with E-state index in [0.717, 1.165) is 89.0 Å². The van der Waals surface area contributed by atoms with E-state index in [1.807, 2.05) is 42.5 Å². The molecule has 0 bridgehead atoms. The number of hydrogen-bond acceptors (Lipinski definition) is 5. The van der Waals surface area contributed by atoms with E-state index < -0.39 is 0 Å². The van der Waals surface area contributed by atoms with Crippen molar-refractivity contribution in [1.82, 2.24) is 24.9 Å². The van der Waals surface area contributed by atoms with E-state index in [-0.39, 0.29) is 0 Å². The van der Waals surface area contributed by atoms with E-state index in [2.05, 4.69) is 131 Å². The van der Waals surface area contributed by atoms with Crippen LogP contribution in [0.4, 0.5) is 0 Å². The quantitative estimate of drug-likeness (QED) is 0.171. The van der Waals surface area contributed by atoms with Gasteiger partial charge in [0.2, 0.25) is 0 Å². The van der Waals surface area contributed by atoms with Crippen molar-refractivity contribution in [2.45, 2.75) is 0 Å². The highest BCUT2D eigenvalue weighted by molar-refractivity contribution is 6.20. The van der Waals surface area contributed by atoms with Crippen LogP contribution in [0.3, 0.4) is 0 Å². The van der Waals surface area contributed by atoms with E-state index in [1.54, 1.807) is 12.4 Å². The molecule has 0 fully saturated rings. The second-order valence-corrected chi connectivity index (χ2v) is 12.9. The maximum atomic E-state index is 5.29. The van der Waals surface area contributed by atoms with Gasteiger partial charge in [0.15, 0.2) is 0 Å². The maximum absolute atomic E-state index is 5.29. The first-order valence-electron chi connectivity index (χ1n) is 17.3. The fourth-order valence-electron chi connectivity index (χ4n) is 7.19. The summed E-state index contributed by atoms with van der Waals surface area (Å²) in [5.41, 5.74) is 11.2. The third-order valence-electron chi connectivity index (χ3n) is 9.75. The molecule has 10 aromatic rings. The third-order valence-corrected chi connectivity index (χ3v) is 9.75. The van der Waals surface area contributed by atoms with Crippen molar-refractivity contribution in [3.8, 4) is 56.4 Å². The SMILES string of the molecule is c1ccc(-c2cc(-c3ccc(-c4nc5ccccc5c5ccc6nc(-c7ccc8ccccc8c7)ccc6c45)cc3)cc(-c3ccccn3)n2)nc1. The highest BCUT2D eigenvalue weighted by Crippen LogP contribution is 2.39. The summed E-state index contributed by atoms with van der Waals surface area (Å²) in [6.45, 7) is 0. The lowest BCUT2D eigenvalue weighted by molar-refractivity contribution is 1.22. The van der Waals surface area contributed by atoms with Crippen molar-refractivity contribution < 1.29 is 0 Å². The lowest BCUT2D eigenvalue weighted by Gasteiger charge is -2.14. The second kappa shape index (κ2) is 12.3. The second-order valence-electron chi connectivity index (χ2n) is 12.9. The topological polar surface area (TPSA) is 64.5 Å². The van der Waals surface area contributed by atoms with Crippen molar-refractivity contribution in [1.29, 1.82) is 0 Å². The zero-order valence-electron chi connectivity index (χ0n) is 28.0. The minimum Gasteiger partial charge on any atom is -0.255 e. The van der Waals surface area contributed by atoms with Gasteiger partial charge >= 0.3 is 0 Å². The Bertz CT molecular complexity index is 2880. The van der Waals surface area contributed by atoms with Gasteiger partial charge in [0.1, 0.15) is 0 Å². The van der Waals surface area contributed by atoms with Gasteiger partial charge in [-0.3, -0.25) is 9.97 Å². The van der Waals surface area contributed by atoms with Crippen LogP contribution in [0, 0.1) is 0 Å². The Morgan fingerprint density at radius 1 is 0.308 bits per heavy atom. The summed E-state index contributed by atoms with van der Waals surface area (Å²) >= 11 is 0. The molecule has 5 heteroatoms. The molecule has 5 aromatic heterocycles. The monoisotopic (exact) mass is 663 g/mol. The first-order valence-corrected chi connectivity index (χ1v) is 17.3. The number of fused-ring (bicyclic) bond motifs is 6. The van der Waals surface area contributed by atoms with Gasteiger partial charge in [-0.25, -0.2) is 15.0 Å². The van der Waals surface area contributed by atoms with E-state index in [1.165, 1.54) is 10.8 Å². The first-order chi connectivity index (χ1) is 25.7. The fourth-order valence-corrected chi connectivity index (χ4v) is 7.19. The van der Waals surface area contributed by atoms with Gasteiger partial charge in [-0.05, 0) is 94.0 Å². The van der Waals surface area contributed by atoms with Crippen LogP contribution in [0.5, 0.6) is 0 Å². The Hall–Kier alpha value is -7.11. The zero-order valence-corrected chi connectivity index (χ0v) is 28.0. The Morgan fingerprint density at radius 2 is 0.942 bits per heavy atom. The minimum absolute atomic E-state index is 0.798. The lowest BCUT2D eigenvalue weighted by atomic mass is 9.95. The summed E-state index contributed by atoms with van der Waals surface area (Å²) in [4.78, 5) is 24.6. The molecule has 0 atom stereocenters. The van der Waals surface area contributed by atoms with Gasteiger partial charge in [0.05, 0.1) is 45.2 Å². The van der Waals surface area contributed by atoms with Crippen LogP contribution in [-0.2, 0) is 0 Å². The molecule has 0 aliphatic heterocycles. The minimum atomic E-state index is 0.798. The number of para-hydroxylation sites is 1. The van der Waals surface area contributed by atoms with Crippen molar-refractivity contribution in [2.75, 3.05) is 0 Å². The largest absolute Gasteiger partial charge is 0.255 e. The van der Waals surface area contributed by atoms with E-state index >= 15 is 0 Å². The standard InChI is InChI=1S/C47H29N5/c1-2-10-33-27-34(20-17-30(33)9-1)39-23-22-38-41(50-39)24-21-37-36-11-3-4-12-40(36)52-47(46(37)38)32-18-15-31(16-19-32)35-28-44(42-13-5-7-25-48-42)51-45(29-35)43-14-6-8-26-49-43/h1-29H. The summed E-state index contributed by atoms with van der Waals surface area (Å²) in [6.07, 6.45) is 3.59. The predicted octanol–water partition coefficient (Wildman–Crippen LogP) is 11.6. The molecule has 10 rings (SSSR count).